The van der Waals surface area contributed by atoms with Gasteiger partial charge < -0.3 is 0 Å². The summed E-state index contributed by atoms with van der Waals surface area (Å²) in [5, 5.41) is 8.16. The predicted molar refractivity (Wildman–Crippen MR) is 107 cm³/mol. The molecule has 0 radical (unpaired) electrons. The van der Waals surface area contributed by atoms with Gasteiger partial charge in [-0.05, 0) is 64.1 Å². The molecule has 0 spiro atoms. The predicted octanol–water partition coefficient (Wildman–Crippen LogP) is 7.05. The zero-order chi connectivity index (χ0) is 16.4. The molecule has 24 heavy (non-hydrogen) atoms. The summed E-state index contributed by atoms with van der Waals surface area (Å²) in [6, 6.07) is 24.6. The van der Waals surface area contributed by atoms with Crippen molar-refractivity contribution in [2.24, 2.45) is 0 Å². The molecule has 0 fully saturated rings. The van der Waals surface area contributed by atoms with E-state index in [0.29, 0.717) is 0 Å². The molecule has 118 valence electrons. The Morgan fingerprint density at radius 1 is 0.667 bits per heavy atom. The maximum absolute atomic E-state index is 2.40. The topological polar surface area (TPSA) is 0 Å². The third kappa shape index (κ3) is 2.59. The third-order valence-corrected chi connectivity index (χ3v) is 4.88. The van der Waals surface area contributed by atoms with Crippen molar-refractivity contribution < 1.29 is 0 Å². The molecule has 0 aliphatic rings. The molecule has 0 unspecified atom stereocenters. The molecule has 0 aliphatic carbocycles. The number of benzene rings is 4. The summed E-state index contributed by atoms with van der Waals surface area (Å²) >= 11 is 0. The van der Waals surface area contributed by atoms with Gasteiger partial charge in [0.15, 0.2) is 0 Å². The minimum absolute atomic E-state index is 1.14. The number of aryl methyl sites for hydroxylation is 1. The number of hydrogen-bond acceptors (Lipinski definition) is 0. The molecular weight excluding hydrogens is 288 g/mol. The zero-order valence-electron chi connectivity index (χ0n) is 14.1. The third-order valence-electron chi connectivity index (χ3n) is 4.88. The number of allylic oxidation sites excluding steroid dienone is 2. The highest BCUT2D eigenvalue weighted by Gasteiger charge is 2.08. The van der Waals surface area contributed by atoms with Crippen LogP contribution in [0.15, 0.2) is 78.9 Å². The summed E-state index contributed by atoms with van der Waals surface area (Å²) in [5.74, 6) is 0. The van der Waals surface area contributed by atoms with E-state index in [2.05, 4.69) is 85.8 Å². The lowest BCUT2D eigenvalue weighted by molar-refractivity contribution is 0.843. The van der Waals surface area contributed by atoms with Gasteiger partial charge in [-0.25, -0.2) is 0 Å². The molecule has 4 aromatic rings. The molecule has 0 saturated carbocycles. The molecule has 0 N–H and O–H groups in total. The summed E-state index contributed by atoms with van der Waals surface area (Å²) < 4.78 is 0. The first-order chi connectivity index (χ1) is 11.9. The highest BCUT2D eigenvalue weighted by molar-refractivity contribution is 6.25. The minimum atomic E-state index is 1.14. The van der Waals surface area contributed by atoms with Crippen LogP contribution in [0.4, 0.5) is 0 Å². The molecule has 0 atom stereocenters. The molecule has 0 amide bonds. The van der Waals surface area contributed by atoms with E-state index in [-0.39, 0.29) is 0 Å². The molecule has 0 aromatic heterocycles. The maximum Gasteiger partial charge on any atom is -0.00962 e. The van der Waals surface area contributed by atoms with Crippen molar-refractivity contribution in [3.8, 4) is 0 Å². The lowest BCUT2D eigenvalue weighted by atomic mass is 9.92. The Morgan fingerprint density at radius 3 is 1.79 bits per heavy atom. The fraction of sp³-hybridized carbons (Fsp3) is 0.167. The average Bonchev–Trinajstić information content (AvgIpc) is 2.65. The molecule has 0 aliphatic heterocycles. The van der Waals surface area contributed by atoms with Crippen LogP contribution in [0.2, 0.25) is 0 Å². The monoisotopic (exact) mass is 310 g/mol. The molecule has 0 saturated heterocycles. The summed E-state index contributed by atoms with van der Waals surface area (Å²) in [7, 11) is 0. The van der Waals surface area contributed by atoms with Crippen LogP contribution in [0.3, 0.4) is 0 Å². The van der Waals surface area contributed by atoms with Gasteiger partial charge in [-0.2, -0.15) is 0 Å². The molecule has 0 heterocycles. The highest BCUT2D eigenvalue weighted by Crippen LogP contribution is 2.35. The lowest BCUT2D eigenvalue weighted by Crippen LogP contribution is -1.88. The minimum Gasteiger partial charge on any atom is -0.0917 e. The first-order valence-electron chi connectivity index (χ1n) is 8.82. The summed E-state index contributed by atoms with van der Waals surface area (Å²) in [6.45, 7) is 2.09. The van der Waals surface area contributed by atoms with Gasteiger partial charge in [0.1, 0.15) is 0 Å². The summed E-state index contributed by atoms with van der Waals surface area (Å²) in [5.41, 5.74) is 1.44. The fourth-order valence-electron chi connectivity index (χ4n) is 3.70. The molecule has 4 rings (SSSR count). The van der Waals surface area contributed by atoms with Gasteiger partial charge in [-0.15, -0.1) is 0 Å². The summed E-state index contributed by atoms with van der Waals surface area (Å²) in [4.78, 5) is 0. The van der Waals surface area contributed by atoms with Gasteiger partial charge in [0.25, 0.3) is 0 Å². The Labute approximate surface area is 143 Å². The number of fused-ring (bicyclic) bond motifs is 6. The van der Waals surface area contributed by atoms with Crippen molar-refractivity contribution >= 4 is 32.3 Å². The second kappa shape index (κ2) is 6.49. The van der Waals surface area contributed by atoms with E-state index in [1.807, 2.05) is 0 Å². The Balaban J connectivity index is 1.92. The van der Waals surface area contributed by atoms with E-state index >= 15 is 0 Å². The molecule has 0 heteroatoms. The fourth-order valence-corrected chi connectivity index (χ4v) is 3.70. The number of rotatable bonds is 4. The number of hydrogen-bond donors (Lipinski definition) is 0. The van der Waals surface area contributed by atoms with Gasteiger partial charge in [-0.3, -0.25) is 0 Å². The van der Waals surface area contributed by atoms with Gasteiger partial charge >= 0.3 is 0 Å². The van der Waals surface area contributed by atoms with E-state index in [1.165, 1.54) is 44.3 Å². The van der Waals surface area contributed by atoms with Crippen LogP contribution in [0, 0.1) is 0 Å². The normalized spacial score (nSPS) is 11.9. The molecule has 0 bridgehead atoms. The average molecular weight is 310 g/mol. The maximum atomic E-state index is 2.40. The first-order valence-corrected chi connectivity index (χ1v) is 8.82. The van der Waals surface area contributed by atoms with Gasteiger partial charge in [0.2, 0.25) is 0 Å². The first kappa shape index (κ1) is 15.0. The standard InChI is InChI=1S/C24H22/c1-2-3-4-5-10-18-15-16-23-21-13-7-6-11-19(21)20-12-8-9-14-22(20)24(23)17-18/h2-3,6-9,11-17H,4-5,10H2,1H3. The SMILES string of the molecule is CC=CCCCc1ccc2c3ccccc3c3ccccc3c2c1. The van der Waals surface area contributed by atoms with Crippen LogP contribution in [-0.2, 0) is 6.42 Å². The van der Waals surface area contributed by atoms with Gasteiger partial charge in [0.05, 0.1) is 0 Å². The van der Waals surface area contributed by atoms with E-state index in [1.54, 1.807) is 0 Å². The highest BCUT2D eigenvalue weighted by atomic mass is 14.1. The second-order valence-corrected chi connectivity index (χ2v) is 6.43. The van der Waals surface area contributed by atoms with E-state index in [9.17, 15) is 0 Å². The number of unbranched alkanes of at least 4 members (excludes halogenated alkanes) is 1. The Kier molecular flexibility index (Phi) is 4.04. The van der Waals surface area contributed by atoms with Crippen molar-refractivity contribution in [1.82, 2.24) is 0 Å². The smallest absolute Gasteiger partial charge is 0.00962 e. The van der Waals surface area contributed by atoms with E-state index in [4.69, 9.17) is 0 Å². The Hall–Kier alpha value is -2.60. The van der Waals surface area contributed by atoms with Crippen molar-refractivity contribution in [2.45, 2.75) is 26.2 Å². The van der Waals surface area contributed by atoms with E-state index < -0.39 is 0 Å². The molecule has 4 aromatic carbocycles. The zero-order valence-corrected chi connectivity index (χ0v) is 14.1. The van der Waals surface area contributed by atoms with Crippen LogP contribution in [-0.4, -0.2) is 0 Å². The van der Waals surface area contributed by atoms with Crippen LogP contribution >= 0.6 is 0 Å². The quantitative estimate of drug-likeness (QED) is 0.215. The van der Waals surface area contributed by atoms with Crippen molar-refractivity contribution in [3.63, 3.8) is 0 Å². The van der Waals surface area contributed by atoms with Crippen LogP contribution in [0.5, 0.6) is 0 Å². The van der Waals surface area contributed by atoms with Crippen molar-refractivity contribution in [1.29, 1.82) is 0 Å². The molecule has 0 nitrogen and oxygen atoms in total. The Bertz CT molecular complexity index is 1000. The van der Waals surface area contributed by atoms with Crippen LogP contribution < -0.4 is 0 Å². The molecular formula is C24H22. The van der Waals surface area contributed by atoms with Gasteiger partial charge in [-0.1, -0.05) is 78.9 Å². The van der Waals surface area contributed by atoms with E-state index in [0.717, 1.165) is 12.8 Å². The van der Waals surface area contributed by atoms with Crippen LogP contribution in [0.25, 0.3) is 32.3 Å². The summed E-state index contributed by atoms with van der Waals surface area (Å²) in [6.07, 6.45) is 7.90. The lowest BCUT2D eigenvalue weighted by Gasteiger charge is -2.11. The van der Waals surface area contributed by atoms with Crippen molar-refractivity contribution in [2.75, 3.05) is 0 Å². The Morgan fingerprint density at radius 2 is 1.21 bits per heavy atom. The largest absolute Gasteiger partial charge is 0.0917 e. The van der Waals surface area contributed by atoms with Crippen molar-refractivity contribution in [3.05, 3.63) is 84.4 Å². The second-order valence-electron chi connectivity index (χ2n) is 6.43. The van der Waals surface area contributed by atoms with Crippen LogP contribution in [0.1, 0.15) is 25.3 Å². The van der Waals surface area contributed by atoms with Gasteiger partial charge in [0, 0.05) is 0 Å².